The van der Waals surface area contributed by atoms with Gasteiger partial charge in [-0.15, -0.1) is 0 Å². The predicted octanol–water partition coefficient (Wildman–Crippen LogP) is 2.56. The lowest BCUT2D eigenvalue weighted by Crippen LogP contribution is -2.17. The van der Waals surface area contributed by atoms with Crippen molar-refractivity contribution in [3.63, 3.8) is 0 Å². The number of hydrogen-bond acceptors (Lipinski definition) is 3. The summed E-state index contributed by atoms with van der Waals surface area (Å²) in [6, 6.07) is 5.19. The summed E-state index contributed by atoms with van der Waals surface area (Å²) in [5.41, 5.74) is 6.62. The number of allylic oxidation sites excluding steroid dienone is 2. The Morgan fingerprint density at radius 2 is 2.32 bits per heavy atom. The minimum absolute atomic E-state index is 0.425. The highest BCUT2D eigenvalue weighted by atomic mass is 16.5. The van der Waals surface area contributed by atoms with Crippen LogP contribution >= 0.6 is 0 Å². The summed E-state index contributed by atoms with van der Waals surface area (Å²) in [4.78, 5) is 11.2. The number of amides is 1. The Kier molecular flexibility index (Phi) is 4.44. The van der Waals surface area contributed by atoms with Crippen LogP contribution in [0.25, 0.3) is 0 Å². The van der Waals surface area contributed by atoms with Gasteiger partial charge in [-0.05, 0) is 43.4 Å². The first-order valence-corrected chi connectivity index (χ1v) is 6.57. The van der Waals surface area contributed by atoms with Crippen LogP contribution in [0.15, 0.2) is 30.4 Å². The molecular formula is C15H20N2O2. The SMILES string of the molecule is COc1ccc(C(N)=O)cc1NCC1CC=CCC1. The molecule has 0 heterocycles. The van der Waals surface area contributed by atoms with E-state index >= 15 is 0 Å². The maximum Gasteiger partial charge on any atom is 0.248 e. The van der Waals surface area contributed by atoms with Crippen molar-refractivity contribution in [2.45, 2.75) is 19.3 Å². The van der Waals surface area contributed by atoms with Crippen molar-refractivity contribution >= 4 is 11.6 Å². The highest BCUT2D eigenvalue weighted by Crippen LogP contribution is 2.27. The maximum absolute atomic E-state index is 11.2. The minimum Gasteiger partial charge on any atom is -0.495 e. The number of carbonyl (C=O) groups is 1. The summed E-state index contributed by atoms with van der Waals surface area (Å²) in [7, 11) is 1.62. The van der Waals surface area contributed by atoms with Crippen LogP contribution in [-0.4, -0.2) is 19.6 Å². The van der Waals surface area contributed by atoms with E-state index in [1.807, 2.05) is 0 Å². The fourth-order valence-corrected chi connectivity index (χ4v) is 2.30. The molecule has 0 saturated heterocycles. The zero-order chi connectivity index (χ0) is 13.7. The number of nitrogens with two attached hydrogens (primary N) is 1. The molecule has 1 aliphatic carbocycles. The van der Waals surface area contributed by atoms with Crippen LogP contribution in [-0.2, 0) is 0 Å². The van der Waals surface area contributed by atoms with Gasteiger partial charge in [0.05, 0.1) is 12.8 Å². The average molecular weight is 260 g/mol. The standard InChI is InChI=1S/C15H20N2O2/c1-19-14-8-7-12(15(16)18)9-13(14)17-10-11-5-3-2-4-6-11/h2-3,7-9,11,17H,4-6,10H2,1H3,(H2,16,18). The number of primary amides is 1. The van der Waals surface area contributed by atoms with E-state index in [9.17, 15) is 4.79 Å². The molecule has 102 valence electrons. The van der Waals surface area contributed by atoms with Crippen molar-refractivity contribution in [3.8, 4) is 5.75 Å². The van der Waals surface area contributed by atoms with Gasteiger partial charge in [0.15, 0.2) is 0 Å². The first-order chi connectivity index (χ1) is 9.20. The van der Waals surface area contributed by atoms with Crippen LogP contribution in [0.4, 0.5) is 5.69 Å². The van der Waals surface area contributed by atoms with E-state index in [1.165, 1.54) is 6.42 Å². The third-order valence-electron chi connectivity index (χ3n) is 3.44. The molecule has 4 nitrogen and oxygen atoms in total. The summed E-state index contributed by atoms with van der Waals surface area (Å²) < 4.78 is 5.29. The molecule has 1 aliphatic rings. The third kappa shape index (κ3) is 3.50. The number of nitrogens with one attached hydrogen (secondary N) is 1. The summed E-state index contributed by atoms with van der Waals surface area (Å²) in [6.45, 7) is 0.878. The van der Waals surface area contributed by atoms with Crippen LogP contribution in [0.1, 0.15) is 29.6 Å². The topological polar surface area (TPSA) is 64.3 Å². The van der Waals surface area contributed by atoms with Gasteiger partial charge in [-0.1, -0.05) is 12.2 Å². The molecule has 0 saturated carbocycles. The molecule has 0 bridgehead atoms. The van der Waals surface area contributed by atoms with E-state index in [-0.39, 0.29) is 0 Å². The maximum atomic E-state index is 11.2. The summed E-state index contributed by atoms with van der Waals surface area (Å²) in [5, 5.41) is 3.36. The number of rotatable bonds is 5. The Bertz CT molecular complexity index is 483. The van der Waals surface area contributed by atoms with Crippen LogP contribution < -0.4 is 15.8 Å². The van der Waals surface area contributed by atoms with Gasteiger partial charge >= 0.3 is 0 Å². The number of anilines is 1. The molecule has 0 radical (unpaired) electrons. The summed E-state index contributed by atoms with van der Waals surface area (Å²) in [5.74, 6) is 0.939. The van der Waals surface area contributed by atoms with E-state index in [0.717, 1.165) is 30.8 Å². The normalized spacial score (nSPS) is 18.1. The second kappa shape index (κ2) is 6.27. The van der Waals surface area contributed by atoms with Crippen LogP contribution in [0.5, 0.6) is 5.75 Å². The van der Waals surface area contributed by atoms with E-state index < -0.39 is 5.91 Å². The van der Waals surface area contributed by atoms with Crippen LogP contribution in [0, 0.1) is 5.92 Å². The van der Waals surface area contributed by atoms with Gasteiger partial charge in [-0.3, -0.25) is 4.79 Å². The smallest absolute Gasteiger partial charge is 0.248 e. The Balaban J connectivity index is 2.06. The van der Waals surface area contributed by atoms with Gasteiger partial charge in [-0.25, -0.2) is 0 Å². The Morgan fingerprint density at radius 1 is 1.47 bits per heavy atom. The fourth-order valence-electron chi connectivity index (χ4n) is 2.30. The molecule has 1 atom stereocenters. The molecule has 0 aliphatic heterocycles. The Morgan fingerprint density at radius 3 is 2.95 bits per heavy atom. The lowest BCUT2D eigenvalue weighted by molar-refractivity contribution is 0.100. The quantitative estimate of drug-likeness (QED) is 0.800. The largest absolute Gasteiger partial charge is 0.495 e. The number of benzene rings is 1. The van der Waals surface area contributed by atoms with Crippen molar-refractivity contribution in [3.05, 3.63) is 35.9 Å². The average Bonchev–Trinajstić information content (AvgIpc) is 2.45. The number of hydrogen-bond donors (Lipinski definition) is 2. The highest BCUT2D eigenvalue weighted by molar-refractivity contribution is 5.94. The minimum atomic E-state index is -0.425. The number of ether oxygens (including phenoxy) is 1. The Hall–Kier alpha value is -1.97. The molecular weight excluding hydrogens is 240 g/mol. The second-order valence-corrected chi connectivity index (χ2v) is 4.81. The highest BCUT2D eigenvalue weighted by Gasteiger charge is 2.12. The molecule has 2 rings (SSSR count). The van der Waals surface area contributed by atoms with Crippen molar-refractivity contribution in [2.75, 3.05) is 19.0 Å². The first-order valence-electron chi connectivity index (χ1n) is 6.57. The molecule has 3 N–H and O–H groups in total. The van der Waals surface area contributed by atoms with E-state index in [1.54, 1.807) is 25.3 Å². The van der Waals surface area contributed by atoms with E-state index in [0.29, 0.717) is 11.5 Å². The molecule has 1 amide bonds. The molecule has 0 spiro atoms. The van der Waals surface area contributed by atoms with Crippen molar-refractivity contribution in [1.82, 2.24) is 0 Å². The fraction of sp³-hybridized carbons (Fsp3) is 0.400. The predicted molar refractivity (Wildman–Crippen MR) is 76.5 cm³/mol. The van der Waals surface area contributed by atoms with Gasteiger partial charge in [-0.2, -0.15) is 0 Å². The van der Waals surface area contributed by atoms with Gasteiger partial charge in [0.1, 0.15) is 5.75 Å². The van der Waals surface area contributed by atoms with Gasteiger partial charge in [0.2, 0.25) is 5.91 Å². The van der Waals surface area contributed by atoms with Gasteiger partial charge in [0.25, 0.3) is 0 Å². The first kappa shape index (κ1) is 13.5. The van der Waals surface area contributed by atoms with Crippen molar-refractivity contribution in [1.29, 1.82) is 0 Å². The van der Waals surface area contributed by atoms with Crippen LogP contribution in [0.3, 0.4) is 0 Å². The van der Waals surface area contributed by atoms with Crippen molar-refractivity contribution in [2.24, 2.45) is 11.7 Å². The van der Waals surface area contributed by atoms with Gasteiger partial charge in [0, 0.05) is 12.1 Å². The molecule has 1 aromatic rings. The Labute approximate surface area is 113 Å². The molecule has 0 aromatic heterocycles. The number of carbonyl (C=O) groups excluding carboxylic acids is 1. The van der Waals surface area contributed by atoms with E-state index in [4.69, 9.17) is 10.5 Å². The summed E-state index contributed by atoms with van der Waals surface area (Å²) in [6.07, 6.45) is 7.90. The molecule has 4 heteroatoms. The third-order valence-corrected chi connectivity index (χ3v) is 3.44. The lowest BCUT2D eigenvalue weighted by Gasteiger charge is -2.20. The van der Waals surface area contributed by atoms with E-state index in [2.05, 4.69) is 17.5 Å². The summed E-state index contributed by atoms with van der Waals surface area (Å²) >= 11 is 0. The molecule has 0 fully saturated rings. The van der Waals surface area contributed by atoms with Gasteiger partial charge < -0.3 is 15.8 Å². The zero-order valence-electron chi connectivity index (χ0n) is 11.2. The zero-order valence-corrected chi connectivity index (χ0v) is 11.2. The van der Waals surface area contributed by atoms with Crippen LogP contribution in [0.2, 0.25) is 0 Å². The second-order valence-electron chi connectivity index (χ2n) is 4.81. The number of methoxy groups -OCH3 is 1. The van der Waals surface area contributed by atoms with Crippen molar-refractivity contribution < 1.29 is 9.53 Å². The lowest BCUT2D eigenvalue weighted by atomic mass is 9.94. The molecule has 1 unspecified atom stereocenters. The molecule has 1 aromatic carbocycles. The monoisotopic (exact) mass is 260 g/mol. The molecule has 19 heavy (non-hydrogen) atoms.